The van der Waals surface area contributed by atoms with Crippen LogP contribution < -0.4 is 4.74 Å². The van der Waals surface area contributed by atoms with Crippen LogP contribution in [0.15, 0.2) is 6.07 Å². The Kier molecular flexibility index (Phi) is 5.87. The lowest BCUT2D eigenvalue weighted by Crippen LogP contribution is -2.20. The van der Waals surface area contributed by atoms with Crippen LogP contribution in [-0.4, -0.2) is 24.4 Å². The third-order valence-electron chi connectivity index (χ3n) is 2.30. The number of rotatable bonds is 5. The maximum absolute atomic E-state index is 12.9. The highest BCUT2D eigenvalue weighted by Crippen LogP contribution is 2.31. The van der Waals surface area contributed by atoms with Crippen LogP contribution in [0, 0.1) is 0 Å². The number of esters is 1. The van der Waals surface area contributed by atoms with E-state index in [1.165, 1.54) is 0 Å². The summed E-state index contributed by atoms with van der Waals surface area (Å²) >= 11 is 2.90. The van der Waals surface area contributed by atoms with E-state index in [1.807, 2.05) is 0 Å². The van der Waals surface area contributed by atoms with E-state index in [0.717, 1.165) is 13.2 Å². The van der Waals surface area contributed by atoms with E-state index in [1.54, 1.807) is 0 Å². The van der Waals surface area contributed by atoms with Gasteiger partial charge in [0, 0.05) is 10.9 Å². The molecular formula is C11H9BrF5NO3. The first-order valence-electron chi connectivity index (χ1n) is 5.37. The third kappa shape index (κ3) is 5.10. The van der Waals surface area contributed by atoms with Crippen molar-refractivity contribution in [2.24, 2.45) is 0 Å². The Morgan fingerprint density at radius 3 is 2.43 bits per heavy atom. The molecule has 0 unspecified atom stereocenters. The van der Waals surface area contributed by atoms with Crippen molar-refractivity contribution in [3.05, 3.63) is 22.9 Å². The molecule has 0 amide bonds. The second kappa shape index (κ2) is 7.01. The topological polar surface area (TPSA) is 48.4 Å². The van der Waals surface area contributed by atoms with E-state index in [9.17, 15) is 26.7 Å². The Bertz CT molecular complexity index is 521. The highest BCUT2D eigenvalue weighted by atomic mass is 79.9. The third-order valence-corrected chi connectivity index (χ3v) is 2.90. The summed E-state index contributed by atoms with van der Waals surface area (Å²) in [5.74, 6) is -1.80. The second-order valence-electron chi connectivity index (χ2n) is 3.73. The molecule has 4 nitrogen and oxygen atoms in total. The monoisotopic (exact) mass is 377 g/mol. The van der Waals surface area contributed by atoms with Crippen LogP contribution >= 0.6 is 15.9 Å². The predicted molar refractivity (Wildman–Crippen MR) is 64.2 cm³/mol. The second-order valence-corrected chi connectivity index (χ2v) is 4.29. The van der Waals surface area contributed by atoms with Gasteiger partial charge in [-0.25, -0.2) is 13.8 Å². The number of methoxy groups -OCH3 is 1. The first-order valence-corrected chi connectivity index (χ1v) is 6.49. The van der Waals surface area contributed by atoms with Crippen molar-refractivity contribution in [2.75, 3.05) is 7.11 Å². The highest BCUT2D eigenvalue weighted by molar-refractivity contribution is 9.08. The summed E-state index contributed by atoms with van der Waals surface area (Å²) < 4.78 is 70.3. The average molecular weight is 378 g/mol. The van der Waals surface area contributed by atoms with Gasteiger partial charge in [-0.15, -0.1) is 13.2 Å². The van der Waals surface area contributed by atoms with Crippen molar-refractivity contribution >= 4 is 21.9 Å². The van der Waals surface area contributed by atoms with Crippen molar-refractivity contribution in [3.63, 3.8) is 0 Å². The normalized spacial score (nSPS) is 11.6. The Morgan fingerprint density at radius 1 is 1.38 bits per heavy atom. The van der Waals surface area contributed by atoms with Crippen molar-refractivity contribution in [1.82, 2.24) is 4.98 Å². The highest BCUT2D eigenvalue weighted by Gasteiger charge is 2.34. The van der Waals surface area contributed by atoms with Crippen molar-refractivity contribution < 1.29 is 36.2 Å². The molecule has 0 aliphatic carbocycles. The summed E-state index contributed by atoms with van der Waals surface area (Å²) in [6, 6.07) is 1.00. The minimum absolute atomic E-state index is 0.115. The molecule has 0 spiro atoms. The molecule has 0 radical (unpaired) electrons. The fourth-order valence-electron chi connectivity index (χ4n) is 1.45. The van der Waals surface area contributed by atoms with Crippen LogP contribution in [0.25, 0.3) is 0 Å². The molecule has 21 heavy (non-hydrogen) atoms. The lowest BCUT2D eigenvalue weighted by Gasteiger charge is -2.15. The maximum Gasteiger partial charge on any atom is 0.574 e. The molecule has 0 aliphatic rings. The van der Waals surface area contributed by atoms with Gasteiger partial charge in [-0.05, 0) is 11.6 Å². The number of carbonyl (C=O) groups is 1. The summed E-state index contributed by atoms with van der Waals surface area (Å²) in [5.41, 5.74) is -1.29. The number of alkyl halides is 6. The van der Waals surface area contributed by atoms with E-state index in [4.69, 9.17) is 0 Å². The number of pyridine rings is 1. The van der Waals surface area contributed by atoms with Gasteiger partial charge in [0.25, 0.3) is 6.43 Å². The molecule has 118 valence electrons. The van der Waals surface area contributed by atoms with Crippen molar-refractivity contribution in [3.8, 4) is 5.88 Å². The van der Waals surface area contributed by atoms with Gasteiger partial charge in [-0.2, -0.15) is 0 Å². The molecule has 1 aromatic rings. The fraction of sp³-hybridized carbons (Fsp3) is 0.455. The van der Waals surface area contributed by atoms with Gasteiger partial charge in [0.15, 0.2) is 0 Å². The first-order chi connectivity index (χ1) is 9.67. The summed E-state index contributed by atoms with van der Waals surface area (Å²) in [6.07, 6.45) is -8.76. The summed E-state index contributed by atoms with van der Waals surface area (Å²) in [4.78, 5) is 14.3. The number of ether oxygens (including phenoxy) is 2. The lowest BCUT2D eigenvalue weighted by atomic mass is 10.1. The summed E-state index contributed by atoms with van der Waals surface area (Å²) in [5, 5.41) is -0.122. The van der Waals surface area contributed by atoms with Gasteiger partial charge < -0.3 is 9.47 Å². The number of aromatic nitrogens is 1. The zero-order valence-corrected chi connectivity index (χ0v) is 12.1. The Labute approximate surface area is 124 Å². The molecule has 0 saturated heterocycles. The van der Waals surface area contributed by atoms with E-state index in [-0.39, 0.29) is 16.5 Å². The molecule has 0 fully saturated rings. The molecule has 0 aromatic carbocycles. The Morgan fingerprint density at radius 2 is 2.00 bits per heavy atom. The van der Waals surface area contributed by atoms with E-state index >= 15 is 0 Å². The van der Waals surface area contributed by atoms with Crippen LogP contribution in [0.4, 0.5) is 22.0 Å². The van der Waals surface area contributed by atoms with Gasteiger partial charge >= 0.3 is 12.3 Å². The number of halogens is 6. The van der Waals surface area contributed by atoms with Crippen molar-refractivity contribution in [2.45, 2.75) is 24.5 Å². The van der Waals surface area contributed by atoms with Gasteiger partial charge in [0.2, 0.25) is 5.88 Å². The fourth-order valence-corrected chi connectivity index (χ4v) is 1.85. The van der Waals surface area contributed by atoms with Crippen LogP contribution in [0.3, 0.4) is 0 Å². The molecular weight excluding hydrogens is 369 g/mol. The molecule has 0 saturated carbocycles. The number of hydrogen-bond donors (Lipinski definition) is 0. The molecule has 10 heteroatoms. The summed E-state index contributed by atoms with van der Waals surface area (Å²) in [6.45, 7) is 0. The number of carbonyl (C=O) groups excluding carboxylic acids is 1. The average Bonchev–Trinajstić information content (AvgIpc) is 2.37. The zero-order valence-electron chi connectivity index (χ0n) is 10.5. The van der Waals surface area contributed by atoms with Gasteiger partial charge in [0.1, 0.15) is 5.69 Å². The van der Waals surface area contributed by atoms with Gasteiger partial charge in [-0.1, -0.05) is 15.9 Å². The molecule has 0 N–H and O–H groups in total. The molecule has 0 bridgehead atoms. The molecule has 0 atom stereocenters. The van der Waals surface area contributed by atoms with Crippen molar-refractivity contribution in [1.29, 1.82) is 0 Å². The molecule has 1 heterocycles. The minimum atomic E-state index is -5.06. The van der Waals surface area contributed by atoms with Crippen LogP contribution in [0.1, 0.15) is 23.2 Å². The molecule has 1 aromatic heterocycles. The Balaban J connectivity index is 3.30. The summed E-state index contributed by atoms with van der Waals surface area (Å²) in [7, 11) is 1.06. The van der Waals surface area contributed by atoms with E-state index in [2.05, 4.69) is 30.4 Å². The standard InChI is InChI=1S/C11H9BrF5NO3/c1-20-7(19)3-5-2-6(4-12)10(21-11(15,16)17)18-8(5)9(13)14/h2,9H,3-4H2,1H3. The van der Waals surface area contributed by atoms with E-state index in [0.29, 0.717) is 0 Å². The smallest absolute Gasteiger partial charge is 0.469 e. The lowest BCUT2D eigenvalue weighted by molar-refractivity contribution is -0.276. The number of nitrogens with zero attached hydrogens (tertiary/aromatic N) is 1. The number of hydrogen-bond acceptors (Lipinski definition) is 4. The first kappa shape index (κ1) is 17.6. The van der Waals surface area contributed by atoms with Gasteiger partial charge in [0.05, 0.1) is 13.5 Å². The van der Waals surface area contributed by atoms with Gasteiger partial charge in [-0.3, -0.25) is 4.79 Å². The Hall–Kier alpha value is -1.45. The minimum Gasteiger partial charge on any atom is -0.469 e. The van der Waals surface area contributed by atoms with E-state index < -0.39 is 36.8 Å². The zero-order chi connectivity index (χ0) is 16.2. The largest absolute Gasteiger partial charge is 0.574 e. The SMILES string of the molecule is COC(=O)Cc1cc(CBr)c(OC(F)(F)F)nc1C(F)F. The van der Waals surface area contributed by atoms with Crippen LogP contribution in [0.5, 0.6) is 5.88 Å². The molecule has 1 rings (SSSR count). The maximum atomic E-state index is 12.9. The van der Waals surface area contributed by atoms with Crippen LogP contribution in [0.2, 0.25) is 0 Å². The quantitative estimate of drug-likeness (QED) is 0.447. The molecule has 0 aliphatic heterocycles. The predicted octanol–water partition coefficient (Wildman–Crippen LogP) is 3.53. The van der Waals surface area contributed by atoms with Crippen LogP contribution in [-0.2, 0) is 21.3 Å².